The average Bonchev–Trinajstić information content (AvgIpc) is 3.47. The first-order chi connectivity index (χ1) is 29.2. The fourth-order valence-corrected chi connectivity index (χ4v) is 7.45. The lowest BCUT2D eigenvalue weighted by atomic mass is 9.88. The molecule has 0 spiro atoms. The Hall–Kier alpha value is -2.70. The number of aliphatic hydroxyl groups excluding tert-OH is 2. The summed E-state index contributed by atoms with van der Waals surface area (Å²) in [6, 6.07) is 0. The maximum absolute atomic E-state index is 12.8. The largest absolute Gasteiger partial charge is 0.756 e. The van der Waals surface area contributed by atoms with Crippen LogP contribution in [0.15, 0.2) is 60.8 Å². The molecule has 2 N–H and O–H groups in total. The summed E-state index contributed by atoms with van der Waals surface area (Å²) in [6.45, 7) is 3.74. The van der Waals surface area contributed by atoms with Gasteiger partial charge in [-0.15, -0.1) is 0 Å². The number of likely N-dealkylation sites (N-methyl/N-ethyl adjacent to an activating group) is 1. The molecular formula is C48H82NO11P. The van der Waals surface area contributed by atoms with E-state index < -0.39 is 44.7 Å². The number of aliphatic hydroxyl groups is 2. The number of allylic oxidation sites excluding steroid dienone is 8. The zero-order valence-electron chi connectivity index (χ0n) is 38.3. The number of nitrogens with zero attached hydrogens (tertiary/aromatic N) is 1. The number of carbonyl (C=O) groups is 3. The third kappa shape index (κ3) is 31.7. The van der Waals surface area contributed by atoms with Crippen LogP contribution in [0.25, 0.3) is 0 Å². The molecule has 13 heteroatoms. The van der Waals surface area contributed by atoms with E-state index in [0.29, 0.717) is 49.6 Å². The molecule has 1 saturated carbocycles. The number of carbonyl (C=O) groups excluding carboxylic acids is 3. The Bertz CT molecular complexity index is 1390. The molecule has 0 amide bonds. The molecule has 1 rings (SSSR count). The standard InChI is InChI=1S/C48H82NO11P/c1-6-8-10-11-12-13-14-15-16-17-18-19-20-21-22-23-28-32-47(53)57-39-42(40-59-61(55,56)58-37-36-49(3,4)5)60-48(54)33-29-25-24-27-31-43-44(46(52)38-45(43)51)35-34-41(50)30-26-9-7-2/h12-13,15-16,18-19,21-22,34-35,41-44,46,50,52H,6-11,14,17,20,23-33,36-40H2,1-5H3/b13-12-,16-15-,19-18-,22-21-,35-34+/t41-,42+,43+,44+,46+/m0/s1. The molecule has 1 fully saturated rings. The Morgan fingerprint density at radius 2 is 1.38 bits per heavy atom. The molecule has 0 aromatic rings. The summed E-state index contributed by atoms with van der Waals surface area (Å²) in [6.07, 6.45) is 34.4. The smallest absolute Gasteiger partial charge is 0.306 e. The third-order valence-corrected chi connectivity index (χ3v) is 11.4. The maximum Gasteiger partial charge on any atom is 0.306 e. The molecule has 1 unspecified atom stereocenters. The number of ether oxygens (including phenoxy) is 2. The second-order valence-electron chi connectivity index (χ2n) is 17.2. The number of Topliss-reactive ketones (excluding diaryl/α,β-unsaturated/α-hetero) is 1. The molecule has 0 heterocycles. The van der Waals surface area contributed by atoms with Gasteiger partial charge in [-0.3, -0.25) is 18.9 Å². The quantitative estimate of drug-likeness (QED) is 0.0201. The molecule has 0 aliphatic heterocycles. The van der Waals surface area contributed by atoms with Gasteiger partial charge in [0.15, 0.2) is 6.10 Å². The predicted octanol–water partition coefficient (Wildman–Crippen LogP) is 9.20. The molecule has 0 radical (unpaired) electrons. The average molecular weight is 880 g/mol. The summed E-state index contributed by atoms with van der Waals surface area (Å²) in [5.41, 5.74) is 0. The summed E-state index contributed by atoms with van der Waals surface area (Å²) < 4.78 is 33.8. The first-order valence-corrected chi connectivity index (χ1v) is 24.6. The molecule has 0 aromatic carbocycles. The maximum atomic E-state index is 12.8. The fraction of sp³-hybridized carbons (Fsp3) is 0.729. The van der Waals surface area contributed by atoms with Crippen LogP contribution in [-0.2, 0) is 37.5 Å². The molecule has 61 heavy (non-hydrogen) atoms. The van der Waals surface area contributed by atoms with Gasteiger partial charge in [0.25, 0.3) is 7.82 Å². The third-order valence-electron chi connectivity index (χ3n) is 10.4. The van der Waals surface area contributed by atoms with Gasteiger partial charge in [-0.25, -0.2) is 0 Å². The van der Waals surface area contributed by atoms with Crippen LogP contribution in [0.3, 0.4) is 0 Å². The lowest BCUT2D eigenvalue weighted by Gasteiger charge is -2.28. The number of phosphoric acid groups is 1. The SMILES string of the molecule is CCCCC/C=C\C/C=C\C/C=C\C/C=C\CCCC(=O)OC[C@H](COP(=O)([O-])OCC[N+](C)(C)C)OC(=O)CCCCCC[C@H]1C(=O)C[C@@H](O)[C@@H]1/C=C/[C@@H](O)CCCCC. The summed E-state index contributed by atoms with van der Waals surface area (Å²) in [7, 11) is 0.981. The van der Waals surface area contributed by atoms with Gasteiger partial charge < -0.3 is 38.1 Å². The molecule has 1 aliphatic carbocycles. The van der Waals surface area contributed by atoms with Gasteiger partial charge in [-0.2, -0.15) is 0 Å². The van der Waals surface area contributed by atoms with Crippen molar-refractivity contribution in [3.8, 4) is 0 Å². The van der Waals surface area contributed by atoms with Gasteiger partial charge >= 0.3 is 11.9 Å². The number of unbranched alkanes of at least 4 members (excludes halogenated alkanes) is 9. The van der Waals surface area contributed by atoms with Crippen LogP contribution in [0.4, 0.5) is 0 Å². The molecule has 0 bridgehead atoms. The minimum absolute atomic E-state index is 0.0352. The van der Waals surface area contributed by atoms with Gasteiger partial charge in [0.05, 0.1) is 40.0 Å². The highest BCUT2D eigenvalue weighted by molar-refractivity contribution is 7.45. The Kier molecular flexibility index (Phi) is 32.1. The van der Waals surface area contributed by atoms with Crippen LogP contribution in [0.5, 0.6) is 0 Å². The van der Waals surface area contributed by atoms with Gasteiger partial charge in [-0.05, 0) is 64.2 Å². The summed E-state index contributed by atoms with van der Waals surface area (Å²) in [4.78, 5) is 50.4. The van der Waals surface area contributed by atoms with Crippen LogP contribution in [0.2, 0.25) is 0 Å². The summed E-state index contributed by atoms with van der Waals surface area (Å²) in [5.74, 6) is -1.64. The van der Waals surface area contributed by atoms with E-state index in [4.69, 9.17) is 18.5 Å². The minimum atomic E-state index is -4.71. The molecule has 6 atom stereocenters. The van der Waals surface area contributed by atoms with E-state index in [1.54, 1.807) is 6.08 Å². The zero-order valence-corrected chi connectivity index (χ0v) is 39.2. The second kappa shape index (κ2) is 34.7. The first-order valence-electron chi connectivity index (χ1n) is 23.1. The number of quaternary nitrogens is 1. The van der Waals surface area contributed by atoms with Crippen molar-refractivity contribution in [3.63, 3.8) is 0 Å². The molecule has 1 aliphatic rings. The van der Waals surface area contributed by atoms with Gasteiger partial charge in [0.2, 0.25) is 0 Å². The highest BCUT2D eigenvalue weighted by atomic mass is 31.2. The Labute approximate surface area is 368 Å². The van der Waals surface area contributed by atoms with E-state index >= 15 is 0 Å². The highest BCUT2D eigenvalue weighted by Crippen LogP contribution is 2.38. The topological polar surface area (TPSA) is 169 Å². The van der Waals surface area contributed by atoms with Crippen LogP contribution >= 0.6 is 7.82 Å². The fourth-order valence-electron chi connectivity index (χ4n) is 6.72. The normalized spacial score (nSPS) is 19.5. The van der Waals surface area contributed by atoms with Crippen molar-refractivity contribution in [2.45, 2.75) is 167 Å². The Morgan fingerprint density at radius 3 is 2.02 bits per heavy atom. The second-order valence-corrected chi connectivity index (χ2v) is 18.6. The van der Waals surface area contributed by atoms with Crippen molar-refractivity contribution in [1.82, 2.24) is 0 Å². The molecular weight excluding hydrogens is 797 g/mol. The number of phosphoric ester groups is 1. The van der Waals surface area contributed by atoms with Crippen LogP contribution in [-0.4, -0.2) is 98.2 Å². The van der Waals surface area contributed by atoms with Crippen molar-refractivity contribution >= 4 is 25.5 Å². The molecule has 12 nitrogen and oxygen atoms in total. The van der Waals surface area contributed by atoms with E-state index in [0.717, 1.165) is 57.8 Å². The van der Waals surface area contributed by atoms with Crippen molar-refractivity contribution < 1.29 is 57.1 Å². The zero-order chi connectivity index (χ0) is 45.2. The predicted molar refractivity (Wildman–Crippen MR) is 241 cm³/mol. The van der Waals surface area contributed by atoms with Gasteiger partial charge in [0, 0.05) is 31.1 Å². The van der Waals surface area contributed by atoms with Gasteiger partial charge in [0.1, 0.15) is 25.5 Å². The van der Waals surface area contributed by atoms with Crippen LogP contribution in [0, 0.1) is 11.8 Å². The highest BCUT2D eigenvalue weighted by Gasteiger charge is 2.39. The van der Waals surface area contributed by atoms with Crippen LogP contribution < -0.4 is 4.89 Å². The number of hydrogen-bond donors (Lipinski definition) is 2. The van der Waals surface area contributed by atoms with E-state index in [-0.39, 0.29) is 50.1 Å². The lowest BCUT2D eigenvalue weighted by molar-refractivity contribution is -0.870. The van der Waals surface area contributed by atoms with Crippen molar-refractivity contribution in [3.05, 3.63) is 60.8 Å². The lowest BCUT2D eigenvalue weighted by Crippen LogP contribution is -2.37. The number of ketones is 1. The number of hydrogen-bond acceptors (Lipinski definition) is 11. The van der Waals surface area contributed by atoms with Crippen molar-refractivity contribution in [2.75, 3.05) is 47.5 Å². The first kappa shape index (κ1) is 56.3. The van der Waals surface area contributed by atoms with E-state index in [1.807, 2.05) is 33.3 Å². The Morgan fingerprint density at radius 1 is 0.787 bits per heavy atom. The van der Waals surface area contributed by atoms with Gasteiger partial charge in [-0.1, -0.05) is 126 Å². The van der Waals surface area contributed by atoms with Crippen LogP contribution in [0.1, 0.15) is 149 Å². The summed E-state index contributed by atoms with van der Waals surface area (Å²) >= 11 is 0. The molecule has 350 valence electrons. The monoisotopic (exact) mass is 880 g/mol. The Balaban J connectivity index is 2.51. The molecule has 0 saturated heterocycles. The number of rotatable bonds is 37. The number of esters is 2. The van der Waals surface area contributed by atoms with Crippen molar-refractivity contribution in [1.29, 1.82) is 0 Å². The molecule has 0 aromatic heterocycles. The minimum Gasteiger partial charge on any atom is -0.756 e. The van der Waals surface area contributed by atoms with Crippen molar-refractivity contribution in [2.24, 2.45) is 11.8 Å². The summed E-state index contributed by atoms with van der Waals surface area (Å²) in [5, 5.41) is 20.8. The van der Waals surface area contributed by atoms with E-state index in [2.05, 4.69) is 56.4 Å². The van der Waals surface area contributed by atoms with E-state index in [9.17, 15) is 34.1 Å². The van der Waals surface area contributed by atoms with E-state index in [1.165, 1.54) is 19.3 Å².